The van der Waals surface area contributed by atoms with Crippen LogP contribution in [0, 0.1) is 0 Å². The van der Waals surface area contributed by atoms with E-state index in [1.54, 1.807) is 12.1 Å². The summed E-state index contributed by atoms with van der Waals surface area (Å²) in [5.41, 5.74) is 4.90. The standard InChI is InChI=1S/C27H29N3O3/c1-18(31)28-22-13-11-20(12-14-22)24-25(29-16-15-19-7-5-6-8-21(19)17-29)27(33)30(26(24)32)23-9-3-2-4-10-23/h5-8,11-14,23H,2-4,9-10,15-17H2,1H3,(H,28,31). The van der Waals surface area contributed by atoms with Crippen molar-refractivity contribution in [3.05, 3.63) is 70.9 Å². The zero-order valence-electron chi connectivity index (χ0n) is 19.0. The quantitative estimate of drug-likeness (QED) is 0.722. The summed E-state index contributed by atoms with van der Waals surface area (Å²) in [4.78, 5) is 42.5. The summed E-state index contributed by atoms with van der Waals surface area (Å²) in [6, 6.07) is 15.5. The summed E-state index contributed by atoms with van der Waals surface area (Å²) in [7, 11) is 0. The largest absolute Gasteiger partial charge is 0.362 e. The molecule has 2 heterocycles. The van der Waals surface area contributed by atoms with E-state index < -0.39 is 0 Å². The molecule has 6 heteroatoms. The molecular weight excluding hydrogens is 414 g/mol. The van der Waals surface area contributed by atoms with Crippen LogP contribution >= 0.6 is 0 Å². The molecular formula is C27H29N3O3. The number of imide groups is 1. The minimum Gasteiger partial charge on any atom is -0.362 e. The lowest BCUT2D eigenvalue weighted by molar-refractivity contribution is -0.141. The average Bonchev–Trinajstić information content (AvgIpc) is 3.09. The van der Waals surface area contributed by atoms with E-state index in [1.165, 1.54) is 23.0 Å². The molecule has 2 aromatic rings. The van der Waals surface area contributed by atoms with Gasteiger partial charge in [0.25, 0.3) is 11.8 Å². The fourth-order valence-corrected chi connectivity index (χ4v) is 5.37. The second-order valence-corrected chi connectivity index (χ2v) is 9.19. The van der Waals surface area contributed by atoms with E-state index in [1.807, 2.05) is 24.3 Å². The summed E-state index contributed by atoms with van der Waals surface area (Å²) in [6.07, 6.45) is 5.86. The van der Waals surface area contributed by atoms with Crippen molar-refractivity contribution in [3.63, 3.8) is 0 Å². The summed E-state index contributed by atoms with van der Waals surface area (Å²) in [5, 5.41) is 2.76. The number of benzene rings is 2. The molecule has 2 aliphatic heterocycles. The number of anilines is 1. The van der Waals surface area contributed by atoms with Crippen LogP contribution in [-0.4, -0.2) is 40.1 Å². The minimum atomic E-state index is -0.187. The second-order valence-electron chi connectivity index (χ2n) is 9.19. The van der Waals surface area contributed by atoms with Gasteiger partial charge in [0.1, 0.15) is 5.70 Å². The van der Waals surface area contributed by atoms with Gasteiger partial charge < -0.3 is 10.2 Å². The Kier molecular flexibility index (Phi) is 5.75. The minimum absolute atomic E-state index is 0.0259. The molecule has 0 radical (unpaired) electrons. The lowest BCUT2D eigenvalue weighted by atomic mass is 9.94. The first kappa shape index (κ1) is 21.4. The Morgan fingerprint density at radius 2 is 1.61 bits per heavy atom. The number of fused-ring (bicyclic) bond motifs is 1. The van der Waals surface area contributed by atoms with Gasteiger partial charge in [0.05, 0.1) is 5.57 Å². The Hall–Kier alpha value is -3.41. The van der Waals surface area contributed by atoms with Gasteiger partial charge in [-0.25, -0.2) is 0 Å². The van der Waals surface area contributed by atoms with Crippen LogP contribution in [0.15, 0.2) is 54.2 Å². The molecule has 3 aliphatic rings. The van der Waals surface area contributed by atoms with Gasteiger partial charge in [0, 0.05) is 31.7 Å². The van der Waals surface area contributed by atoms with E-state index in [0.717, 1.165) is 44.1 Å². The summed E-state index contributed by atoms with van der Waals surface area (Å²) in [5.74, 6) is -0.495. The lowest BCUT2D eigenvalue weighted by Gasteiger charge is -2.33. The van der Waals surface area contributed by atoms with Crippen LogP contribution in [0.25, 0.3) is 5.57 Å². The van der Waals surface area contributed by atoms with Gasteiger partial charge in [-0.2, -0.15) is 0 Å². The molecule has 0 spiro atoms. The monoisotopic (exact) mass is 443 g/mol. The predicted molar refractivity (Wildman–Crippen MR) is 127 cm³/mol. The first-order chi connectivity index (χ1) is 16.0. The number of rotatable bonds is 4. The third-order valence-electron chi connectivity index (χ3n) is 6.97. The fraction of sp³-hybridized carbons (Fsp3) is 0.370. The van der Waals surface area contributed by atoms with Gasteiger partial charge in [-0.3, -0.25) is 19.3 Å². The molecule has 0 unspecified atom stereocenters. The molecule has 0 atom stereocenters. The normalized spacial score (nSPS) is 19.2. The van der Waals surface area contributed by atoms with Crippen LogP contribution < -0.4 is 5.32 Å². The Morgan fingerprint density at radius 1 is 0.909 bits per heavy atom. The first-order valence-electron chi connectivity index (χ1n) is 11.8. The van der Waals surface area contributed by atoms with Gasteiger partial charge in [-0.15, -0.1) is 0 Å². The Balaban J connectivity index is 1.54. The highest BCUT2D eigenvalue weighted by Crippen LogP contribution is 2.38. The van der Waals surface area contributed by atoms with Crippen molar-refractivity contribution in [1.82, 2.24) is 9.80 Å². The van der Waals surface area contributed by atoms with Gasteiger partial charge in [0.15, 0.2) is 0 Å². The van der Waals surface area contributed by atoms with E-state index >= 15 is 0 Å². The second kappa shape index (κ2) is 8.85. The molecule has 2 aromatic carbocycles. The van der Waals surface area contributed by atoms with Crippen molar-refractivity contribution < 1.29 is 14.4 Å². The number of carbonyl (C=O) groups is 3. The number of hydrogen-bond acceptors (Lipinski definition) is 4. The third kappa shape index (κ3) is 4.06. The van der Waals surface area contributed by atoms with Crippen LogP contribution in [0.3, 0.4) is 0 Å². The van der Waals surface area contributed by atoms with Crippen molar-refractivity contribution in [2.75, 3.05) is 11.9 Å². The number of hydrogen-bond donors (Lipinski definition) is 1. The van der Waals surface area contributed by atoms with E-state index in [0.29, 0.717) is 30.0 Å². The van der Waals surface area contributed by atoms with Crippen molar-refractivity contribution in [3.8, 4) is 0 Å². The molecule has 0 aromatic heterocycles. The van der Waals surface area contributed by atoms with Gasteiger partial charge in [0.2, 0.25) is 5.91 Å². The molecule has 5 rings (SSSR count). The highest BCUT2D eigenvalue weighted by Gasteiger charge is 2.45. The van der Waals surface area contributed by atoms with Crippen LogP contribution in [-0.2, 0) is 27.3 Å². The van der Waals surface area contributed by atoms with Crippen LogP contribution in [0.5, 0.6) is 0 Å². The van der Waals surface area contributed by atoms with Crippen LogP contribution in [0.4, 0.5) is 5.69 Å². The van der Waals surface area contributed by atoms with Crippen molar-refractivity contribution in [2.24, 2.45) is 0 Å². The maximum absolute atomic E-state index is 13.8. The summed E-state index contributed by atoms with van der Waals surface area (Å²) >= 11 is 0. The fourth-order valence-electron chi connectivity index (χ4n) is 5.37. The van der Waals surface area contributed by atoms with Crippen molar-refractivity contribution in [2.45, 2.75) is 58.0 Å². The molecule has 1 fully saturated rings. The van der Waals surface area contributed by atoms with Gasteiger partial charge in [-0.05, 0) is 48.1 Å². The zero-order chi connectivity index (χ0) is 22.9. The van der Waals surface area contributed by atoms with Crippen LogP contribution in [0.1, 0.15) is 55.7 Å². The maximum atomic E-state index is 13.8. The predicted octanol–water partition coefficient (Wildman–Crippen LogP) is 4.12. The SMILES string of the molecule is CC(=O)Nc1ccc(C2=C(N3CCc4ccccc4C3)C(=O)N(C3CCCCC3)C2=O)cc1. The molecule has 1 N–H and O–H groups in total. The maximum Gasteiger partial charge on any atom is 0.278 e. The molecule has 33 heavy (non-hydrogen) atoms. The summed E-state index contributed by atoms with van der Waals surface area (Å²) < 4.78 is 0. The molecule has 1 aliphatic carbocycles. The zero-order valence-corrected chi connectivity index (χ0v) is 19.0. The highest BCUT2D eigenvalue weighted by atomic mass is 16.2. The molecule has 0 saturated heterocycles. The molecule has 170 valence electrons. The number of amides is 3. The number of nitrogens with one attached hydrogen (secondary N) is 1. The highest BCUT2D eigenvalue weighted by molar-refractivity contribution is 6.35. The first-order valence-corrected chi connectivity index (χ1v) is 11.8. The van der Waals surface area contributed by atoms with Gasteiger partial charge in [-0.1, -0.05) is 55.7 Å². The van der Waals surface area contributed by atoms with E-state index in [2.05, 4.69) is 22.3 Å². The van der Waals surface area contributed by atoms with Crippen molar-refractivity contribution in [1.29, 1.82) is 0 Å². The molecule has 0 bridgehead atoms. The smallest absolute Gasteiger partial charge is 0.278 e. The molecule has 3 amide bonds. The summed E-state index contributed by atoms with van der Waals surface area (Å²) in [6.45, 7) is 2.79. The average molecular weight is 444 g/mol. The topological polar surface area (TPSA) is 69.7 Å². The molecule has 1 saturated carbocycles. The lowest BCUT2D eigenvalue weighted by Crippen LogP contribution is -2.44. The Labute approximate surface area is 194 Å². The molecule has 6 nitrogen and oxygen atoms in total. The van der Waals surface area contributed by atoms with E-state index in [-0.39, 0.29) is 23.8 Å². The Morgan fingerprint density at radius 3 is 2.30 bits per heavy atom. The van der Waals surface area contributed by atoms with E-state index in [9.17, 15) is 14.4 Å². The number of carbonyl (C=O) groups excluding carboxylic acids is 3. The van der Waals surface area contributed by atoms with E-state index in [4.69, 9.17) is 0 Å². The van der Waals surface area contributed by atoms with Crippen molar-refractivity contribution >= 4 is 29.0 Å². The Bertz CT molecular complexity index is 1130. The number of nitrogens with zero attached hydrogens (tertiary/aromatic N) is 2. The third-order valence-corrected chi connectivity index (χ3v) is 6.97. The van der Waals surface area contributed by atoms with Crippen LogP contribution in [0.2, 0.25) is 0 Å². The van der Waals surface area contributed by atoms with Gasteiger partial charge >= 0.3 is 0 Å².